The van der Waals surface area contributed by atoms with Crippen LogP contribution in [0.1, 0.15) is 32.6 Å². The van der Waals surface area contributed by atoms with Gasteiger partial charge in [-0.05, 0) is 25.0 Å². The molecule has 0 heterocycles. The molecule has 0 bridgehead atoms. The molecule has 1 rings (SSSR count). The summed E-state index contributed by atoms with van der Waals surface area (Å²) in [7, 11) is 0. The summed E-state index contributed by atoms with van der Waals surface area (Å²) < 4.78 is 0. The van der Waals surface area contributed by atoms with Crippen molar-refractivity contribution in [3.63, 3.8) is 0 Å². The summed E-state index contributed by atoms with van der Waals surface area (Å²) in [5.74, 6) is 1.25. The summed E-state index contributed by atoms with van der Waals surface area (Å²) in [6.45, 7) is 2.23. The molecule has 0 aromatic heterocycles. The highest BCUT2D eigenvalue weighted by molar-refractivity contribution is 7.99. The molecule has 0 spiro atoms. The van der Waals surface area contributed by atoms with E-state index in [1.54, 1.807) is 0 Å². The minimum atomic E-state index is 0.498. The number of hydrogen-bond acceptors (Lipinski definition) is 2. The van der Waals surface area contributed by atoms with E-state index in [4.69, 9.17) is 5.73 Å². The highest BCUT2D eigenvalue weighted by atomic mass is 32.2. The van der Waals surface area contributed by atoms with Crippen molar-refractivity contribution in [1.29, 1.82) is 0 Å². The average molecular weight is 159 g/mol. The van der Waals surface area contributed by atoms with Gasteiger partial charge in [0, 0.05) is 11.3 Å². The van der Waals surface area contributed by atoms with E-state index in [0.29, 0.717) is 6.04 Å². The minimum Gasteiger partial charge on any atom is -0.328 e. The maximum absolute atomic E-state index is 5.84. The number of nitrogens with two attached hydrogens (primary N) is 1. The van der Waals surface area contributed by atoms with Crippen LogP contribution in [0.15, 0.2) is 0 Å². The Bertz CT molecular complexity index is 93.3. The summed E-state index contributed by atoms with van der Waals surface area (Å²) in [4.78, 5) is 0. The van der Waals surface area contributed by atoms with E-state index in [1.165, 1.54) is 31.4 Å². The first kappa shape index (κ1) is 8.41. The molecule has 1 aliphatic carbocycles. The van der Waals surface area contributed by atoms with Crippen LogP contribution in [0.3, 0.4) is 0 Å². The molecule has 0 aromatic carbocycles. The minimum absolute atomic E-state index is 0.498. The molecule has 2 heteroatoms. The summed E-state index contributed by atoms with van der Waals surface area (Å²) in [5.41, 5.74) is 5.84. The van der Waals surface area contributed by atoms with E-state index in [0.717, 1.165) is 5.25 Å². The fraction of sp³-hybridized carbons (Fsp3) is 1.00. The zero-order valence-corrected chi connectivity index (χ0v) is 7.49. The van der Waals surface area contributed by atoms with E-state index < -0.39 is 0 Å². The average Bonchev–Trinajstić information content (AvgIpc) is 1.88. The van der Waals surface area contributed by atoms with E-state index in [2.05, 4.69) is 18.7 Å². The molecule has 1 aliphatic rings. The van der Waals surface area contributed by atoms with Gasteiger partial charge >= 0.3 is 0 Å². The zero-order chi connectivity index (χ0) is 7.40. The lowest BCUT2D eigenvalue weighted by Gasteiger charge is -2.25. The second kappa shape index (κ2) is 4.24. The topological polar surface area (TPSA) is 26.0 Å². The molecular formula is C8H17NS. The maximum atomic E-state index is 5.84. The van der Waals surface area contributed by atoms with Crippen LogP contribution in [-0.2, 0) is 0 Å². The lowest BCUT2D eigenvalue weighted by atomic mass is 9.96. The Morgan fingerprint density at radius 2 is 2.30 bits per heavy atom. The molecule has 0 saturated heterocycles. The van der Waals surface area contributed by atoms with Gasteiger partial charge in [-0.1, -0.05) is 13.3 Å². The molecular weight excluding hydrogens is 142 g/mol. The molecule has 2 atom stereocenters. The Morgan fingerprint density at radius 3 is 2.90 bits per heavy atom. The fourth-order valence-electron chi connectivity index (χ4n) is 1.57. The molecule has 2 unspecified atom stereocenters. The third kappa shape index (κ3) is 2.51. The van der Waals surface area contributed by atoms with Crippen LogP contribution in [-0.4, -0.2) is 17.0 Å². The van der Waals surface area contributed by atoms with Crippen molar-refractivity contribution in [2.24, 2.45) is 5.73 Å². The first-order valence-electron chi connectivity index (χ1n) is 4.20. The molecule has 10 heavy (non-hydrogen) atoms. The summed E-state index contributed by atoms with van der Waals surface area (Å²) in [6.07, 6.45) is 5.24. The highest BCUT2D eigenvalue weighted by Crippen LogP contribution is 2.27. The Balaban J connectivity index is 2.18. The standard InChI is InChI=1S/C8H17NS/c1-2-10-8-5-3-4-7(9)6-8/h7-8H,2-6,9H2,1H3. The lowest BCUT2D eigenvalue weighted by molar-refractivity contribution is 0.451. The van der Waals surface area contributed by atoms with Crippen molar-refractivity contribution in [2.75, 3.05) is 5.75 Å². The zero-order valence-electron chi connectivity index (χ0n) is 6.68. The van der Waals surface area contributed by atoms with Gasteiger partial charge in [-0.3, -0.25) is 0 Å². The predicted octanol–water partition coefficient (Wildman–Crippen LogP) is 2.01. The van der Waals surface area contributed by atoms with Crippen LogP contribution in [0.2, 0.25) is 0 Å². The molecule has 1 nitrogen and oxygen atoms in total. The molecule has 60 valence electrons. The molecule has 0 aromatic rings. The first-order valence-corrected chi connectivity index (χ1v) is 5.25. The van der Waals surface area contributed by atoms with Crippen LogP contribution >= 0.6 is 11.8 Å². The molecule has 0 radical (unpaired) electrons. The predicted molar refractivity (Wildman–Crippen MR) is 48.4 cm³/mol. The Labute approximate surface area is 67.8 Å². The molecule has 1 fully saturated rings. The summed E-state index contributed by atoms with van der Waals surface area (Å²) in [6, 6.07) is 0.498. The van der Waals surface area contributed by atoms with Crippen LogP contribution in [0.4, 0.5) is 0 Å². The molecule has 1 saturated carbocycles. The first-order chi connectivity index (χ1) is 4.83. The number of rotatable bonds is 2. The van der Waals surface area contributed by atoms with E-state index >= 15 is 0 Å². The SMILES string of the molecule is CCSC1CCCC(N)C1. The van der Waals surface area contributed by atoms with E-state index in [9.17, 15) is 0 Å². The van der Waals surface area contributed by atoms with Crippen molar-refractivity contribution >= 4 is 11.8 Å². The van der Waals surface area contributed by atoms with E-state index in [-0.39, 0.29) is 0 Å². The number of thioether (sulfide) groups is 1. The van der Waals surface area contributed by atoms with E-state index in [1.807, 2.05) is 0 Å². The van der Waals surface area contributed by atoms with Gasteiger partial charge in [-0.2, -0.15) is 11.8 Å². The van der Waals surface area contributed by atoms with Crippen molar-refractivity contribution in [1.82, 2.24) is 0 Å². The highest BCUT2D eigenvalue weighted by Gasteiger charge is 2.18. The van der Waals surface area contributed by atoms with Gasteiger partial charge in [-0.25, -0.2) is 0 Å². The van der Waals surface area contributed by atoms with Gasteiger partial charge in [0.25, 0.3) is 0 Å². The van der Waals surface area contributed by atoms with Crippen LogP contribution in [0.5, 0.6) is 0 Å². The number of hydrogen-bond donors (Lipinski definition) is 1. The van der Waals surface area contributed by atoms with Crippen LogP contribution < -0.4 is 5.73 Å². The van der Waals surface area contributed by atoms with Crippen molar-refractivity contribution in [3.05, 3.63) is 0 Å². The van der Waals surface area contributed by atoms with Gasteiger partial charge < -0.3 is 5.73 Å². The second-order valence-electron chi connectivity index (χ2n) is 3.00. The third-order valence-corrected chi connectivity index (χ3v) is 3.30. The Hall–Kier alpha value is 0.310. The van der Waals surface area contributed by atoms with Crippen LogP contribution in [0, 0.1) is 0 Å². The second-order valence-corrected chi connectivity index (χ2v) is 4.58. The van der Waals surface area contributed by atoms with Crippen molar-refractivity contribution in [3.8, 4) is 0 Å². The van der Waals surface area contributed by atoms with Gasteiger partial charge in [0.05, 0.1) is 0 Å². The normalized spacial score (nSPS) is 34.2. The fourth-order valence-corrected chi connectivity index (χ4v) is 2.76. The summed E-state index contributed by atoms with van der Waals surface area (Å²) in [5, 5.41) is 0.869. The van der Waals surface area contributed by atoms with Gasteiger partial charge in [0.1, 0.15) is 0 Å². The maximum Gasteiger partial charge on any atom is 0.00616 e. The molecule has 2 N–H and O–H groups in total. The van der Waals surface area contributed by atoms with Crippen molar-refractivity contribution in [2.45, 2.75) is 43.9 Å². The third-order valence-electron chi connectivity index (χ3n) is 2.07. The summed E-state index contributed by atoms with van der Waals surface area (Å²) >= 11 is 2.08. The molecule has 0 amide bonds. The smallest absolute Gasteiger partial charge is 0.00616 e. The quantitative estimate of drug-likeness (QED) is 0.667. The Morgan fingerprint density at radius 1 is 1.50 bits per heavy atom. The van der Waals surface area contributed by atoms with Gasteiger partial charge in [0.15, 0.2) is 0 Å². The molecule has 0 aliphatic heterocycles. The lowest BCUT2D eigenvalue weighted by Crippen LogP contribution is -2.29. The van der Waals surface area contributed by atoms with Gasteiger partial charge in [0.2, 0.25) is 0 Å². The Kier molecular flexibility index (Phi) is 3.57. The van der Waals surface area contributed by atoms with Gasteiger partial charge in [-0.15, -0.1) is 0 Å². The monoisotopic (exact) mass is 159 g/mol. The largest absolute Gasteiger partial charge is 0.328 e. The van der Waals surface area contributed by atoms with Crippen molar-refractivity contribution < 1.29 is 0 Å². The van der Waals surface area contributed by atoms with Crippen LogP contribution in [0.25, 0.3) is 0 Å².